The average Bonchev–Trinajstić information content (AvgIpc) is 3.30. The highest BCUT2D eigenvalue weighted by molar-refractivity contribution is 6.17. The summed E-state index contributed by atoms with van der Waals surface area (Å²) in [4.78, 5) is 2.47. The van der Waals surface area contributed by atoms with Crippen LogP contribution in [0.25, 0.3) is 110 Å². The second-order valence-electron chi connectivity index (χ2n) is 16.1. The molecule has 272 valence electrons. The molecule has 0 fully saturated rings. The first-order valence-corrected chi connectivity index (χ1v) is 20.5. The molecule has 59 heavy (non-hydrogen) atoms. The lowest BCUT2D eigenvalue weighted by Gasteiger charge is -2.31. The molecule has 0 aromatic heterocycles. The Kier molecular flexibility index (Phi) is 6.79. The SMILES string of the molecule is c1ccc(-c2ccc3cc4c(cc3c2)-c2cc3cccc(N(c5ccccc5)c5cccc6cc7c(cc56)-c5cc6cccc(-c8ccccc8)c6cc5-7)c3cc2-4)cc1. The third-order valence-electron chi connectivity index (χ3n) is 12.8. The minimum atomic E-state index is 1.14. The summed E-state index contributed by atoms with van der Waals surface area (Å²) in [5.74, 6) is 0. The van der Waals surface area contributed by atoms with Crippen LogP contribution in [0.2, 0.25) is 0 Å². The van der Waals surface area contributed by atoms with Crippen molar-refractivity contribution in [2.75, 3.05) is 4.90 Å². The molecule has 2 aliphatic carbocycles. The first-order chi connectivity index (χ1) is 29.2. The Labute approximate surface area is 342 Å². The molecule has 11 aromatic rings. The minimum Gasteiger partial charge on any atom is -0.309 e. The van der Waals surface area contributed by atoms with Gasteiger partial charge < -0.3 is 4.90 Å². The summed E-state index contributed by atoms with van der Waals surface area (Å²) in [6.45, 7) is 0. The molecular formula is C58H35N. The molecule has 1 heteroatoms. The van der Waals surface area contributed by atoms with Gasteiger partial charge in [-0.15, -0.1) is 0 Å². The van der Waals surface area contributed by atoms with Crippen molar-refractivity contribution in [3.05, 3.63) is 212 Å². The van der Waals surface area contributed by atoms with Crippen LogP contribution in [-0.2, 0) is 0 Å². The summed E-state index contributed by atoms with van der Waals surface area (Å²) < 4.78 is 0. The van der Waals surface area contributed by atoms with Crippen molar-refractivity contribution >= 4 is 60.2 Å². The van der Waals surface area contributed by atoms with E-state index in [-0.39, 0.29) is 0 Å². The molecule has 0 saturated carbocycles. The molecular weight excluding hydrogens is 711 g/mol. The van der Waals surface area contributed by atoms with Crippen LogP contribution in [-0.4, -0.2) is 0 Å². The van der Waals surface area contributed by atoms with E-state index in [2.05, 4.69) is 217 Å². The number of rotatable bonds is 5. The van der Waals surface area contributed by atoms with Crippen molar-refractivity contribution in [3.8, 4) is 66.8 Å². The van der Waals surface area contributed by atoms with Crippen molar-refractivity contribution < 1.29 is 0 Å². The second kappa shape index (κ2) is 12.4. The van der Waals surface area contributed by atoms with Gasteiger partial charge in [0.2, 0.25) is 0 Å². The summed E-state index contributed by atoms with van der Waals surface area (Å²) in [6, 6.07) is 78.7. The molecule has 2 aliphatic rings. The Hall–Kier alpha value is -7.74. The Balaban J connectivity index is 0.946. The number of hydrogen-bond acceptors (Lipinski definition) is 1. The van der Waals surface area contributed by atoms with Gasteiger partial charge in [-0.3, -0.25) is 0 Å². The van der Waals surface area contributed by atoms with Gasteiger partial charge in [-0.1, -0.05) is 133 Å². The molecule has 0 aliphatic heterocycles. The van der Waals surface area contributed by atoms with Gasteiger partial charge in [-0.2, -0.15) is 0 Å². The fourth-order valence-corrected chi connectivity index (χ4v) is 9.95. The van der Waals surface area contributed by atoms with Gasteiger partial charge in [0, 0.05) is 16.5 Å². The first-order valence-electron chi connectivity index (χ1n) is 20.5. The van der Waals surface area contributed by atoms with E-state index in [4.69, 9.17) is 0 Å². The monoisotopic (exact) mass is 745 g/mol. The van der Waals surface area contributed by atoms with E-state index in [1.54, 1.807) is 0 Å². The quantitative estimate of drug-likeness (QED) is 0.170. The predicted molar refractivity (Wildman–Crippen MR) is 251 cm³/mol. The Morgan fingerprint density at radius 1 is 0.220 bits per heavy atom. The maximum Gasteiger partial charge on any atom is 0.0540 e. The van der Waals surface area contributed by atoms with Crippen molar-refractivity contribution in [2.45, 2.75) is 0 Å². The van der Waals surface area contributed by atoms with Gasteiger partial charge in [-0.05, 0) is 178 Å². The number of anilines is 3. The van der Waals surface area contributed by atoms with Crippen LogP contribution in [0.5, 0.6) is 0 Å². The van der Waals surface area contributed by atoms with Crippen LogP contribution in [0, 0.1) is 0 Å². The van der Waals surface area contributed by atoms with E-state index in [1.807, 2.05) is 0 Å². The topological polar surface area (TPSA) is 3.24 Å². The van der Waals surface area contributed by atoms with E-state index in [9.17, 15) is 0 Å². The fraction of sp³-hybridized carbons (Fsp3) is 0. The lowest BCUT2D eigenvalue weighted by atomic mass is 9.77. The highest BCUT2D eigenvalue weighted by Gasteiger charge is 2.28. The second-order valence-corrected chi connectivity index (χ2v) is 16.1. The first kappa shape index (κ1) is 32.4. The lowest BCUT2D eigenvalue weighted by Crippen LogP contribution is -2.11. The molecule has 0 radical (unpaired) electrons. The van der Waals surface area contributed by atoms with Gasteiger partial charge >= 0.3 is 0 Å². The van der Waals surface area contributed by atoms with Gasteiger partial charge in [0.25, 0.3) is 0 Å². The number of nitrogens with zero attached hydrogens (tertiary/aromatic N) is 1. The van der Waals surface area contributed by atoms with E-state index in [0.717, 1.165) is 5.69 Å². The Bertz CT molecular complexity index is 3530. The number of hydrogen-bond donors (Lipinski definition) is 0. The van der Waals surface area contributed by atoms with Crippen LogP contribution in [0.4, 0.5) is 17.1 Å². The molecule has 11 aromatic carbocycles. The van der Waals surface area contributed by atoms with Gasteiger partial charge in [0.05, 0.1) is 11.4 Å². The van der Waals surface area contributed by atoms with E-state index >= 15 is 0 Å². The molecule has 0 unspecified atom stereocenters. The summed E-state index contributed by atoms with van der Waals surface area (Å²) in [5, 5.41) is 10.1. The highest BCUT2D eigenvalue weighted by Crippen LogP contribution is 2.55. The van der Waals surface area contributed by atoms with Crippen LogP contribution < -0.4 is 4.90 Å². The molecule has 0 N–H and O–H groups in total. The standard InChI is InChI=1S/C58H35N/c1-4-13-36(14-5-1)38-25-26-39-28-49-53(32-43(39)27-38)50-30-41-18-11-23-57(47(41)34-55(49)50)59(44-20-8-3-9-21-44)58-24-12-19-42-31-52-54-33-46-40(29-51(54)56(52)35-48(42)58)17-10-22-45(46)37-15-6-2-7-16-37/h1-35H. The molecule has 0 amide bonds. The number of benzene rings is 11. The molecule has 13 rings (SSSR count). The molecule has 0 heterocycles. The van der Waals surface area contributed by atoms with E-state index < -0.39 is 0 Å². The van der Waals surface area contributed by atoms with Crippen molar-refractivity contribution in [1.82, 2.24) is 0 Å². The Morgan fingerprint density at radius 3 is 1.24 bits per heavy atom. The number of fused-ring (bicyclic) bond motifs is 12. The zero-order chi connectivity index (χ0) is 38.6. The van der Waals surface area contributed by atoms with Crippen LogP contribution in [0.3, 0.4) is 0 Å². The van der Waals surface area contributed by atoms with Crippen molar-refractivity contribution in [1.29, 1.82) is 0 Å². The zero-order valence-electron chi connectivity index (χ0n) is 32.2. The third-order valence-corrected chi connectivity index (χ3v) is 12.8. The molecule has 0 bridgehead atoms. The smallest absolute Gasteiger partial charge is 0.0540 e. The largest absolute Gasteiger partial charge is 0.309 e. The van der Waals surface area contributed by atoms with Gasteiger partial charge in [-0.25, -0.2) is 0 Å². The minimum absolute atomic E-state index is 1.14. The third kappa shape index (κ3) is 4.86. The van der Waals surface area contributed by atoms with Gasteiger partial charge in [0.15, 0.2) is 0 Å². The average molecular weight is 746 g/mol. The summed E-state index contributed by atoms with van der Waals surface area (Å²) >= 11 is 0. The van der Waals surface area contributed by atoms with Gasteiger partial charge in [0.1, 0.15) is 0 Å². The predicted octanol–water partition coefficient (Wildman–Crippen LogP) is 16.4. The summed E-state index contributed by atoms with van der Waals surface area (Å²) in [6.07, 6.45) is 0. The van der Waals surface area contributed by atoms with Crippen LogP contribution >= 0.6 is 0 Å². The summed E-state index contributed by atoms with van der Waals surface area (Å²) in [7, 11) is 0. The normalized spacial score (nSPS) is 12.1. The van der Waals surface area contributed by atoms with Crippen molar-refractivity contribution in [2.24, 2.45) is 0 Å². The van der Waals surface area contributed by atoms with Crippen molar-refractivity contribution in [3.63, 3.8) is 0 Å². The molecule has 0 saturated heterocycles. The molecule has 1 nitrogen and oxygen atoms in total. The van der Waals surface area contributed by atoms with E-state index in [1.165, 1.54) is 121 Å². The van der Waals surface area contributed by atoms with Crippen LogP contribution in [0.1, 0.15) is 0 Å². The molecule has 0 spiro atoms. The lowest BCUT2D eigenvalue weighted by molar-refractivity contribution is 1.31. The molecule has 0 atom stereocenters. The Morgan fingerprint density at radius 2 is 0.661 bits per heavy atom. The summed E-state index contributed by atoms with van der Waals surface area (Å²) in [5.41, 5.74) is 19.1. The van der Waals surface area contributed by atoms with Crippen LogP contribution in [0.15, 0.2) is 212 Å². The zero-order valence-corrected chi connectivity index (χ0v) is 32.2. The van der Waals surface area contributed by atoms with E-state index in [0.29, 0.717) is 0 Å². The maximum absolute atomic E-state index is 2.47. The fourth-order valence-electron chi connectivity index (χ4n) is 9.95. The highest BCUT2D eigenvalue weighted by atomic mass is 15.1. The maximum atomic E-state index is 2.47. The number of para-hydroxylation sites is 1.